The van der Waals surface area contributed by atoms with Crippen LogP contribution in [-0.2, 0) is 32.0 Å². The Balaban J connectivity index is 1.85. The predicted molar refractivity (Wildman–Crippen MR) is 152 cm³/mol. The fourth-order valence-corrected chi connectivity index (χ4v) is 6.06. The molecule has 1 aromatic carbocycles. The second-order valence-electron chi connectivity index (χ2n) is 12.0. The molecule has 1 fully saturated rings. The van der Waals surface area contributed by atoms with E-state index in [4.69, 9.17) is 23.9 Å². The van der Waals surface area contributed by atoms with Crippen LogP contribution in [0.5, 0.6) is 5.75 Å². The van der Waals surface area contributed by atoms with E-state index < -0.39 is 23.5 Å². The molecule has 3 aromatic rings. The van der Waals surface area contributed by atoms with Crippen LogP contribution in [0, 0.1) is 33.5 Å². The third-order valence-corrected chi connectivity index (χ3v) is 8.31. The second kappa shape index (κ2) is 10.8. The molecule has 0 saturated carbocycles. The van der Waals surface area contributed by atoms with Gasteiger partial charge in [0.25, 0.3) is 0 Å². The average molecular weight is 553 g/mol. The van der Waals surface area contributed by atoms with E-state index in [0.717, 1.165) is 83.4 Å². The number of fused-ring (bicyclic) bond motifs is 2. The number of benzene rings is 1. The number of pyridine rings is 1. The highest BCUT2D eigenvalue weighted by Crippen LogP contribution is 2.46. The van der Waals surface area contributed by atoms with Crippen LogP contribution in [0.15, 0.2) is 6.07 Å². The summed E-state index contributed by atoms with van der Waals surface area (Å²) >= 11 is 0. The minimum Gasteiger partial charge on any atom is -0.490 e. The third-order valence-electron chi connectivity index (χ3n) is 8.31. The standard InChI is InChI=1S/C32H41FN2O5/c1-17-20(4)35(13-11-21-12-15-38-21)30-25(17)27(23-16-24(33)28-22(18(23)2)10-9-14-39-28)26(19(3)34-30)29(31(36)37-8)40-32(5,6)7/h16,21,29H,9-15H2,1-8H3/t21?,29-/m0/s1. The monoisotopic (exact) mass is 552 g/mol. The van der Waals surface area contributed by atoms with Crippen molar-refractivity contribution in [3.63, 3.8) is 0 Å². The number of halogens is 1. The van der Waals surface area contributed by atoms with Crippen LogP contribution in [0.2, 0.25) is 0 Å². The molecule has 0 spiro atoms. The van der Waals surface area contributed by atoms with Gasteiger partial charge in [0.2, 0.25) is 0 Å². The molecular weight excluding hydrogens is 511 g/mol. The number of esters is 1. The molecule has 0 N–H and O–H groups in total. The Morgan fingerprint density at radius 2 is 1.93 bits per heavy atom. The smallest absolute Gasteiger partial charge is 0.339 e. The first-order valence-electron chi connectivity index (χ1n) is 14.2. The van der Waals surface area contributed by atoms with Crippen molar-refractivity contribution in [2.45, 2.75) is 98.5 Å². The average Bonchev–Trinajstić information content (AvgIpc) is 3.11. The number of carbonyl (C=O) groups is 1. The normalized spacial score (nSPS) is 17.8. The van der Waals surface area contributed by atoms with Crippen LogP contribution in [0.25, 0.3) is 22.2 Å². The zero-order valence-corrected chi connectivity index (χ0v) is 25.0. The molecule has 2 aromatic heterocycles. The van der Waals surface area contributed by atoms with Crippen LogP contribution in [0.3, 0.4) is 0 Å². The molecule has 1 saturated heterocycles. The summed E-state index contributed by atoms with van der Waals surface area (Å²) in [6, 6.07) is 1.55. The van der Waals surface area contributed by atoms with Gasteiger partial charge in [0, 0.05) is 46.6 Å². The number of methoxy groups -OCH3 is 1. The lowest BCUT2D eigenvalue weighted by Gasteiger charge is -2.30. The predicted octanol–water partition coefficient (Wildman–Crippen LogP) is 6.61. The molecule has 2 aliphatic heterocycles. The Kier molecular flexibility index (Phi) is 7.70. The molecule has 0 bridgehead atoms. The molecule has 8 heteroatoms. The number of carbonyl (C=O) groups excluding carboxylic acids is 1. The topological polar surface area (TPSA) is 71.8 Å². The third kappa shape index (κ3) is 5.00. The minimum atomic E-state index is -1.04. The van der Waals surface area contributed by atoms with Crippen LogP contribution in [-0.4, -0.2) is 47.5 Å². The first-order valence-corrected chi connectivity index (χ1v) is 14.2. The zero-order valence-electron chi connectivity index (χ0n) is 25.0. The second-order valence-corrected chi connectivity index (χ2v) is 12.0. The van der Waals surface area contributed by atoms with E-state index in [1.807, 2.05) is 34.6 Å². The summed E-state index contributed by atoms with van der Waals surface area (Å²) in [6.07, 6.45) is 2.73. The maximum atomic E-state index is 15.7. The SMILES string of the molecule is COC(=O)[C@@H](OC(C)(C)C)c1c(C)nc2c(c(C)c(C)n2CCC2CCO2)c1-c1cc(F)c2c(c1C)CCCO2. The van der Waals surface area contributed by atoms with E-state index in [0.29, 0.717) is 23.6 Å². The molecule has 2 atom stereocenters. The lowest BCUT2D eigenvalue weighted by molar-refractivity contribution is -0.164. The van der Waals surface area contributed by atoms with Gasteiger partial charge in [-0.25, -0.2) is 14.2 Å². The number of aromatic nitrogens is 2. The molecule has 0 aliphatic carbocycles. The highest BCUT2D eigenvalue weighted by Gasteiger charge is 2.36. The Labute approximate surface area is 236 Å². The minimum absolute atomic E-state index is 0.262. The van der Waals surface area contributed by atoms with Gasteiger partial charge in [-0.3, -0.25) is 0 Å². The summed E-state index contributed by atoms with van der Waals surface area (Å²) in [4.78, 5) is 18.4. The van der Waals surface area contributed by atoms with E-state index in [2.05, 4.69) is 18.4 Å². The largest absolute Gasteiger partial charge is 0.490 e. The quantitative estimate of drug-likeness (QED) is 0.307. The molecule has 0 radical (unpaired) electrons. The van der Waals surface area contributed by atoms with Crippen molar-refractivity contribution in [3.05, 3.63) is 45.5 Å². The van der Waals surface area contributed by atoms with Gasteiger partial charge >= 0.3 is 5.97 Å². The summed E-state index contributed by atoms with van der Waals surface area (Å²) in [5.74, 6) is -0.584. The van der Waals surface area contributed by atoms with Crippen LogP contribution < -0.4 is 4.74 Å². The van der Waals surface area contributed by atoms with E-state index in [1.165, 1.54) is 7.11 Å². The van der Waals surface area contributed by atoms with E-state index in [1.54, 1.807) is 6.07 Å². The summed E-state index contributed by atoms with van der Waals surface area (Å²) in [6.45, 7) is 15.9. The molecule has 4 heterocycles. The maximum Gasteiger partial charge on any atom is 0.339 e. The Hall–Kier alpha value is -2.97. The molecule has 40 heavy (non-hydrogen) atoms. The Morgan fingerprint density at radius 1 is 1.20 bits per heavy atom. The van der Waals surface area contributed by atoms with Gasteiger partial charge in [-0.2, -0.15) is 0 Å². The van der Waals surface area contributed by atoms with Crippen molar-refractivity contribution < 1.29 is 28.1 Å². The summed E-state index contributed by atoms with van der Waals surface area (Å²) in [7, 11) is 1.36. The number of rotatable bonds is 7. The van der Waals surface area contributed by atoms with E-state index in [-0.39, 0.29) is 6.10 Å². The molecule has 5 rings (SSSR count). The van der Waals surface area contributed by atoms with Gasteiger partial charge in [-0.1, -0.05) is 0 Å². The summed E-state index contributed by atoms with van der Waals surface area (Å²) in [5, 5.41) is 0.901. The lowest BCUT2D eigenvalue weighted by Crippen LogP contribution is -2.29. The van der Waals surface area contributed by atoms with Crippen molar-refractivity contribution in [3.8, 4) is 16.9 Å². The zero-order chi connectivity index (χ0) is 28.9. The van der Waals surface area contributed by atoms with Crippen LogP contribution in [0.1, 0.15) is 79.8 Å². The highest BCUT2D eigenvalue weighted by atomic mass is 19.1. The van der Waals surface area contributed by atoms with Crippen molar-refractivity contribution >= 4 is 17.0 Å². The number of hydrogen-bond donors (Lipinski definition) is 0. The van der Waals surface area contributed by atoms with E-state index >= 15 is 4.39 Å². The fourth-order valence-electron chi connectivity index (χ4n) is 6.06. The number of nitrogens with zero attached hydrogens (tertiary/aromatic N) is 2. The van der Waals surface area contributed by atoms with Crippen molar-refractivity contribution in [2.24, 2.45) is 0 Å². The van der Waals surface area contributed by atoms with Gasteiger partial charge in [0.05, 0.1) is 25.4 Å². The van der Waals surface area contributed by atoms with Crippen molar-refractivity contribution in [1.29, 1.82) is 0 Å². The molecule has 7 nitrogen and oxygen atoms in total. The fraction of sp³-hybridized carbons (Fsp3) is 0.562. The summed E-state index contributed by atoms with van der Waals surface area (Å²) in [5.41, 5.74) is 6.86. The van der Waals surface area contributed by atoms with Gasteiger partial charge < -0.3 is 23.5 Å². The van der Waals surface area contributed by atoms with Gasteiger partial charge in [-0.05, 0) is 96.9 Å². The molecule has 2 aliphatic rings. The van der Waals surface area contributed by atoms with Crippen molar-refractivity contribution in [1.82, 2.24) is 9.55 Å². The Morgan fingerprint density at radius 3 is 2.55 bits per heavy atom. The first kappa shape index (κ1) is 28.6. The van der Waals surface area contributed by atoms with Crippen LogP contribution >= 0.6 is 0 Å². The molecule has 1 unspecified atom stereocenters. The van der Waals surface area contributed by atoms with E-state index in [9.17, 15) is 4.79 Å². The maximum absolute atomic E-state index is 15.7. The number of aryl methyl sites for hydroxylation is 3. The number of ether oxygens (including phenoxy) is 4. The molecular formula is C32H41FN2O5. The van der Waals surface area contributed by atoms with Gasteiger partial charge in [-0.15, -0.1) is 0 Å². The van der Waals surface area contributed by atoms with Crippen LogP contribution in [0.4, 0.5) is 4.39 Å². The lowest BCUT2D eigenvalue weighted by atomic mass is 9.86. The number of hydrogen-bond acceptors (Lipinski definition) is 6. The van der Waals surface area contributed by atoms with Crippen molar-refractivity contribution in [2.75, 3.05) is 20.3 Å². The Bertz CT molecular complexity index is 1470. The summed E-state index contributed by atoms with van der Waals surface area (Å²) < 4.78 is 41.0. The van der Waals surface area contributed by atoms with Gasteiger partial charge in [0.15, 0.2) is 17.7 Å². The molecule has 0 amide bonds. The molecule has 216 valence electrons. The first-order chi connectivity index (χ1) is 18.9. The highest BCUT2D eigenvalue weighted by molar-refractivity contribution is 6.01. The van der Waals surface area contributed by atoms with Gasteiger partial charge in [0.1, 0.15) is 5.65 Å².